The van der Waals surface area contributed by atoms with E-state index >= 15 is 0 Å². The van der Waals surface area contributed by atoms with Gasteiger partial charge in [0.2, 0.25) is 0 Å². The van der Waals surface area contributed by atoms with Crippen molar-refractivity contribution in [3.8, 4) is 0 Å². The number of ether oxygens (including phenoxy) is 2. The molecule has 21 heavy (non-hydrogen) atoms. The lowest BCUT2D eigenvalue weighted by Crippen LogP contribution is -2.53. The first-order valence-electron chi connectivity index (χ1n) is 7.29. The predicted molar refractivity (Wildman–Crippen MR) is 75.7 cm³/mol. The molecule has 0 unspecified atom stereocenters. The summed E-state index contributed by atoms with van der Waals surface area (Å²) in [4.78, 5) is 24.2. The number of nitrogens with one attached hydrogen (secondary N) is 1. The monoisotopic (exact) mass is 289 g/mol. The van der Waals surface area contributed by atoms with Crippen LogP contribution in [0, 0.1) is 5.92 Å². The van der Waals surface area contributed by atoms with E-state index in [-0.39, 0.29) is 18.0 Å². The molecule has 2 bridgehead atoms. The summed E-state index contributed by atoms with van der Waals surface area (Å²) in [5.74, 6) is -1.10. The van der Waals surface area contributed by atoms with Crippen molar-refractivity contribution in [2.45, 2.75) is 37.5 Å². The molecule has 5 heteroatoms. The van der Waals surface area contributed by atoms with Gasteiger partial charge in [0.1, 0.15) is 12.0 Å². The fourth-order valence-electron chi connectivity index (χ4n) is 3.36. The molecular weight excluding hydrogens is 270 g/mol. The first-order valence-corrected chi connectivity index (χ1v) is 7.29. The first-order chi connectivity index (χ1) is 10.2. The minimum Gasteiger partial charge on any atom is -0.469 e. The van der Waals surface area contributed by atoms with Gasteiger partial charge in [0.25, 0.3) is 0 Å². The van der Waals surface area contributed by atoms with Crippen LogP contribution in [0.25, 0.3) is 0 Å². The maximum Gasteiger partial charge on any atom is 0.338 e. The molecule has 2 aliphatic heterocycles. The van der Waals surface area contributed by atoms with Gasteiger partial charge in [-0.05, 0) is 25.0 Å². The molecule has 1 N–H and O–H groups in total. The fraction of sp³-hybridized carbons (Fsp3) is 0.500. The highest BCUT2D eigenvalue weighted by Crippen LogP contribution is 2.34. The van der Waals surface area contributed by atoms with E-state index in [9.17, 15) is 9.59 Å². The number of esters is 2. The highest BCUT2D eigenvalue weighted by Gasteiger charge is 2.47. The number of carbonyl (C=O) groups is 2. The number of rotatable bonds is 3. The maximum absolute atomic E-state index is 12.2. The van der Waals surface area contributed by atoms with Gasteiger partial charge in [-0.25, -0.2) is 4.79 Å². The molecule has 0 radical (unpaired) electrons. The van der Waals surface area contributed by atoms with Gasteiger partial charge < -0.3 is 14.8 Å². The Bertz CT molecular complexity index is 530. The van der Waals surface area contributed by atoms with Crippen molar-refractivity contribution in [2.24, 2.45) is 5.92 Å². The zero-order valence-electron chi connectivity index (χ0n) is 12.0. The Kier molecular flexibility index (Phi) is 3.92. The Balaban J connectivity index is 1.76. The second kappa shape index (κ2) is 5.85. The van der Waals surface area contributed by atoms with E-state index in [4.69, 9.17) is 9.47 Å². The van der Waals surface area contributed by atoms with E-state index < -0.39 is 12.0 Å². The Morgan fingerprint density at radius 2 is 1.95 bits per heavy atom. The molecule has 1 aromatic rings. The summed E-state index contributed by atoms with van der Waals surface area (Å²) in [6, 6.07) is 9.23. The van der Waals surface area contributed by atoms with Crippen LogP contribution < -0.4 is 5.32 Å². The average Bonchev–Trinajstić information content (AvgIpc) is 2.89. The lowest BCUT2D eigenvalue weighted by molar-refractivity contribution is -0.152. The van der Waals surface area contributed by atoms with Crippen LogP contribution in [0.4, 0.5) is 0 Å². The summed E-state index contributed by atoms with van der Waals surface area (Å²) < 4.78 is 10.5. The average molecular weight is 289 g/mol. The summed E-state index contributed by atoms with van der Waals surface area (Å²) in [6.07, 6.45) is 2.18. The number of hydrogen-bond donors (Lipinski definition) is 1. The minimum atomic E-state index is -0.415. The zero-order valence-corrected chi connectivity index (χ0v) is 12.0. The molecule has 2 saturated heterocycles. The van der Waals surface area contributed by atoms with E-state index in [1.807, 2.05) is 6.07 Å². The van der Waals surface area contributed by atoms with E-state index in [1.165, 1.54) is 7.11 Å². The van der Waals surface area contributed by atoms with Gasteiger partial charge in [-0.15, -0.1) is 0 Å². The molecule has 2 aliphatic rings. The molecule has 1 aromatic carbocycles. The van der Waals surface area contributed by atoms with Crippen molar-refractivity contribution in [1.82, 2.24) is 5.32 Å². The Labute approximate surface area is 123 Å². The van der Waals surface area contributed by atoms with Crippen molar-refractivity contribution >= 4 is 11.9 Å². The standard InChI is InChI=1S/C16H19NO4/c1-20-16(19)14-12-8-7-11(17-12)9-13(14)21-15(18)10-5-3-2-4-6-10/h2-6,11-14,17H,7-9H2,1H3/t11-,12-,13+,14-/m1/s1. The Hall–Kier alpha value is -1.88. The molecule has 0 aromatic heterocycles. The molecule has 2 heterocycles. The molecule has 4 atom stereocenters. The second-order valence-electron chi connectivity index (χ2n) is 5.64. The number of hydrogen-bond acceptors (Lipinski definition) is 5. The highest BCUT2D eigenvalue weighted by molar-refractivity contribution is 5.89. The number of benzene rings is 1. The summed E-state index contributed by atoms with van der Waals surface area (Å²) >= 11 is 0. The van der Waals surface area contributed by atoms with Crippen LogP contribution in [-0.4, -0.2) is 37.2 Å². The lowest BCUT2D eigenvalue weighted by Gasteiger charge is -2.35. The van der Waals surface area contributed by atoms with Crippen LogP contribution >= 0.6 is 0 Å². The van der Waals surface area contributed by atoms with Crippen molar-refractivity contribution in [2.75, 3.05) is 7.11 Å². The first kappa shape index (κ1) is 14.1. The Morgan fingerprint density at radius 1 is 1.19 bits per heavy atom. The van der Waals surface area contributed by atoms with Crippen LogP contribution in [0.1, 0.15) is 29.6 Å². The molecule has 0 amide bonds. The van der Waals surface area contributed by atoms with E-state index in [2.05, 4.69) is 5.32 Å². The van der Waals surface area contributed by atoms with Crippen molar-refractivity contribution in [3.05, 3.63) is 35.9 Å². The largest absolute Gasteiger partial charge is 0.469 e. The number of fused-ring (bicyclic) bond motifs is 2. The topological polar surface area (TPSA) is 64.6 Å². The molecule has 3 rings (SSSR count). The maximum atomic E-state index is 12.2. The smallest absolute Gasteiger partial charge is 0.338 e. The molecule has 2 fully saturated rings. The third-order valence-corrected chi connectivity index (χ3v) is 4.37. The molecule has 0 saturated carbocycles. The summed E-state index contributed by atoms with van der Waals surface area (Å²) in [7, 11) is 1.37. The van der Waals surface area contributed by atoms with Crippen molar-refractivity contribution in [1.29, 1.82) is 0 Å². The van der Waals surface area contributed by atoms with E-state index in [0.29, 0.717) is 18.0 Å². The second-order valence-corrected chi connectivity index (χ2v) is 5.64. The molecule has 5 nitrogen and oxygen atoms in total. The fourth-order valence-corrected chi connectivity index (χ4v) is 3.36. The Morgan fingerprint density at radius 3 is 2.67 bits per heavy atom. The third kappa shape index (κ3) is 2.78. The van der Waals surface area contributed by atoms with Crippen LogP contribution in [0.15, 0.2) is 30.3 Å². The van der Waals surface area contributed by atoms with Crippen LogP contribution in [-0.2, 0) is 14.3 Å². The quantitative estimate of drug-likeness (QED) is 0.855. The van der Waals surface area contributed by atoms with Gasteiger partial charge in [0.05, 0.1) is 12.7 Å². The lowest BCUT2D eigenvalue weighted by atomic mass is 9.89. The normalized spacial score (nSPS) is 30.7. The van der Waals surface area contributed by atoms with Crippen LogP contribution in [0.3, 0.4) is 0 Å². The zero-order chi connectivity index (χ0) is 14.8. The number of methoxy groups -OCH3 is 1. The van der Waals surface area contributed by atoms with Gasteiger partial charge in [0, 0.05) is 18.5 Å². The van der Waals surface area contributed by atoms with Crippen molar-refractivity contribution < 1.29 is 19.1 Å². The SMILES string of the molecule is COC(=O)[C@H]1[C@@H](OC(=O)c2ccccc2)C[C@H]2CC[C@H]1N2. The molecule has 112 valence electrons. The van der Waals surface area contributed by atoms with Crippen LogP contribution in [0.5, 0.6) is 0 Å². The highest BCUT2D eigenvalue weighted by atomic mass is 16.6. The van der Waals surface area contributed by atoms with Gasteiger partial charge in [-0.3, -0.25) is 4.79 Å². The van der Waals surface area contributed by atoms with Crippen molar-refractivity contribution in [3.63, 3.8) is 0 Å². The van der Waals surface area contributed by atoms with E-state index in [1.54, 1.807) is 24.3 Å². The molecular formula is C16H19NO4. The van der Waals surface area contributed by atoms with Gasteiger partial charge in [-0.1, -0.05) is 18.2 Å². The predicted octanol–water partition coefficient (Wildman–Crippen LogP) is 1.53. The van der Waals surface area contributed by atoms with Gasteiger partial charge >= 0.3 is 11.9 Å². The van der Waals surface area contributed by atoms with Crippen LogP contribution in [0.2, 0.25) is 0 Å². The van der Waals surface area contributed by atoms with Gasteiger partial charge in [-0.2, -0.15) is 0 Å². The third-order valence-electron chi connectivity index (χ3n) is 4.37. The summed E-state index contributed by atoms with van der Waals surface area (Å²) in [5.41, 5.74) is 0.506. The molecule has 0 aliphatic carbocycles. The summed E-state index contributed by atoms with van der Waals surface area (Å²) in [6.45, 7) is 0. The van der Waals surface area contributed by atoms with E-state index in [0.717, 1.165) is 12.8 Å². The summed E-state index contributed by atoms with van der Waals surface area (Å²) in [5, 5.41) is 3.41. The number of piperidine rings is 1. The van der Waals surface area contributed by atoms with Gasteiger partial charge in [0.15, 0.2) is 0 Å². The number of carbonyl (C=O) groups excluding carboxylic acids is 2. The minimum absolute atomic E-state index is 0.0461. The molecule has 0 spiro atoms.